The second-order valence-electron chi connectivity index (χ2n) is 7.78. The van der Waals surface area contributed by atoms with Crippen molar-refractivity contribution in [1.82, 2.24) is 24.0 Å². The Hall–Kier alpha value is -2.82. The van der Waals surface area contributed by atoms with Gasteiger partial charge in [0.25, 0.3) is 5.56 Å². The highest BCUT2D eigenvalue weighted by atomic mass is 79.9. The first kappa shape index (κ1) is 27.4. The van der Waals surface area contributed by atoms with Crippen LogP contribution >= 0.6 is 15.9 Å². The van der Waals surface area contributed by atoms with E-state index in [1.165, 1.54) is 24.1 Å². The Labute approximate surface area is 206 Å². The number of esters is 1. The average Bonchev–Trinajstić information content (AvgIpc) is 3.10. The quantitative estimate of drug-likeness (QED) is 0.372. The van der Waals surface area contributed by atoms with E-state index < -0.39 is 23.1 Å². The Morgan fingerprint density at radius 3 is 2.44 bits per heavy atom. The van der Waals surface area contributed by atoms with Crippen LogP contribution in [0.1, 0.15) is 43.9 Å². The van der Waals surface area contributed by atoms with Crippen molar-refractivity contribution < 1.29 is 18.7 Å². The van der Waals surface area contributed by atoms with Crippen molar-refractivity contribution in [3.63, 3.8) is 0 Å². The summed E-state index contributed by atoms with van der Waals surface area (Å²) in [4.78, 5) is 48.3. The van der Waals surface area contributed by atoms with Crippen LogP contribution < -0.4 is 5.56 Å². The highest BCUT2D eigenvalue weighted by molar-refractivity contribution is 9.08. The number of hydrogen-bond donors (Lipinski definition) is 0. The molecule has 1 aliphatic heterocycles. The summed E-state index contributed by atoms with van der Waals surface area (Å²) in [6.45, 7) is 8.57. The second kappa shape index (κ2) is 11.1. The fourth-order valence-corrected chi connectivity index (χ4v) is 3.80. The van der Waals surface area contributed by atoms with Gasteiger partial charge in [-0.25, -0.2) is 19.2 Å². The van der Waals surface area contributed by atoms with Crippen molar-refractivity contribution >= 4 is 49.9 Å². The van der Waals surface area contributed by atoms with Crippen LogP contribution in [0.4, 0.5) is 4.39 Å². The van der Waals surface area contributed by atoms with Crippen molar-refractivity contribution in [3.8, 4) is 0 Å². The maximum atomic E-state index is 13.8. The van der Waals surface area contributed by atoms with Crippen LogP contribution in [0, 0.1) is 6.92 Å². The molecule has 1 fully saturated rings. The number of fused-ring (bicyclic) bond motifs is 3. The van der Waals surface area contributed by atoms with Gasteiger partial charge in [-0.1, -0.05) is 29.8 Å². The summed E-state index contributed by atoms with van der Waals surface area (Å²) >= 11 is 2.94. The molecule has 4 heterocycles. The standard InChI is InChI=1S/C20H22FN5O4.C2H6.CH3Br/c1-5-30-19(29)13-6-12-16-14(23-11(2)24(16)4)7-22-17(12)26(18(13)28)8-15(27)25-9-20(3,21)10-25;2*1-2/h6-7H,5,8-10H2,1-4H3;1-2H3;1H3. The van der Waals surface area contributed by atoms with Crippen molar-refractivity contribution in [3.05, 3.63) is 34.0 Å². The van der Waals surface area contributed by atoms with E-state index in [-0.39, 0.29) is 37.5 Å². The van der Waals surface area contributed by atoms with Crippen molar-refractivity contribution in [2.75, 3.05) is 25.5 Å². The number of nitrogens with zero attached hydrogens (tertiary/aromatic N) is 5. The van der Waals surface area contributed by atoms with Crippen molar-refractivity contribution in [2.45, 2.75) is 46.8 Å². The molecule has 0 radical (unpaired) electrons. The first-order valence-electron chi connectivity index (χ1n) is 11.0. The molecule has 3 aromatic rings. The SMILES string of the molecule is CBr.CC.CCOC(=O)c1cc2c3c(cnc2n(CC(=O)N2CC(C)(F)C2)c1=O)nc(C)n3C. The lowest BCUT2D eigenvalue weighted by atomic mass is 9.99. The number of likely N-dealkylation sites (tertiary alicyclic amines) is 1. The minimum atomic E-state index is -1.42. The molecule has 9 nitrogen and oxygen atoms in total. The molecule has 0 N–H and O–H groups in total. The van der Waals surface area contributed by atoms with E-state index >= 15 is 0 Å². The number of carbonyl (C=O) groups is 2. The minimum absolute atomic E-state index is 0.0331. The van der Waals surface area contributed by atoms with Crippen molar-refractivity contribution in [1.29, 1.82) is 0 Å². The van der Waals surface area contributed by atoms with Crippen LogP contribution in [-0.2, 0) is 23.1 Å². The summed E-state index contributed by atoms with van der Waals surface area (Å²) in [6, 6.07) is 1.44. The molecular formula is C23H31BrFN5O4. The number of pyridine rings is 2. The molecule has 1 amide bonds. The summed E-state index contributed by atoms with van der Waals surface area (Å²) in [7, 11) is 1.82. The average molecular weight is 540 g/mol. The highest BCUT2D eigenvalue weighted by Crippen LogP contribution is 2.26. The van der Waals surface area contributed by atoms with Crippen LogP contribution in [0.15, 0.2) is 17.1 Å². The number of rotatable bonds is 4. The largest absolute Gasteiger partial charge is 0.462 e. The fourth-order valence-electron chi connectivity index (χ4n) is 3.80. The third-order valence-electron chi connectivity index (χ3n) is 5.35. The van der Waals surface area contributed by atoms with Crippen LogP contribution in [0.5, 0.6) is 0 Å². The molecule has 0 atom stereocenters. The van der Waals surface area contributed by atoms with Gasteiger partial charge in [-0.05, 0) is 32.7 Å². The number of alkyl halides is 2. The summed E-state index contributed by atoms with van der Waals surface area (Å²) in [5.74, 6) is 1.35. The molecule has 1 aliphatic rings. The number of aryl methyl sites for hydroxylation is 2. The Balaban J connectivity index is 0.000000970. The molecule has 4 rings (SSSR count). The molecule has 34 heavy (non-hydrogen) atoms. The van der Waals surface area contributed by atoms with E-state index in [0.29, 0.717) is 16.4 Å². The predicted octanol–water partition coefficient (Wildman–Crippen LogP) is 3.38. The molecule has 11 heteroatoms. The lowest BCUT2D eigenvalue weighted by Crippen LogP contribution is -2.60. The molecule has 0 aliphatic carbocycles. The maximum absolute atomic E-state index is 13.8. The molecule has 3 aromatic heterocycles. The Morgan fingerprint density at radius 2 is 1.88 bits per heavy atom. The first-order chi connectivity index (χ1) is 16.1. The van der Waals surface area contributed by atoms with Crippen LogP contribution in [0.25, 0.3) is 22.1 Å². The molecule has 0 aromatic carbocycles. The van der Waals surface area contributed by atoms with Gasteiger partial charge in [0.05, 0.1) is 31.4 Å². The van der Waals surface area contributed by atoms with Gasteiger partial charge in [0.15, 0.2) is 0 Å². The van der Waals surface area contributed by atoms with E-state index in [1.807, 2.05) is 38.2 Å². The van der Waals surface area contributed by atoms with Gasteiger partial charge >= 0.3 is 5.97 Å². The van der Waals surface area contributed by atoms with E-state index in [9.17, 15) is 18.8 Å². The van der Waals surface area contributed by atoms with E-state index in [2.05, 4.69) is 25.9 Å². The molecule has 0 saturated carbocycles. The fraction of sp³-hybridized carbons (Fsp3) is 0.522. The van der Waals surface area contributed by atoms with Gasteiger partial charge in [-0.3, -0.25) is 14.2 Å². The molecule has 1 saturated heterocycles. The van der Waals surface area contributed by atoms with Crippen LogP contribution in [0.2, 0.25) is 0 Å². The third-order valence-corrected chi connectivity index (χ3v) is 5.35. The monoisotopic (exact) mass is 539 g/mol. The van der Waals surface area contributed by atoms with Gasteiger partial charge in [-0.2, -0.15) is 0 Å². The van der Waals surface area contributed by atoms with E-state index in [4.69, 9.17) is 4.74 Å². The topological polar surface area (TPSA) is 99.3 Å². The second-order valence-corrected chi connectivity index (χ2v) is 7.78. The lowest BCUT2D eigenvalue weighted by molar-refractivity contribution is -0.144. The third kappa shape index (κ3) is 5.13. The van der Waals surface area contributed by atoms with Gasteiger partial charge < -0.3 is 14.2 Å². The van der Waals surface area contributed by atoms with E-state index in [1.54, 1.807) is 6.92 Å². The first-order valence-corrected chi connectivity index (χ1v) is 12.6. The smallest absolute Gasteiger partial charge is 0.343 e. The van der Waals surface area contributed by atoms with Gasteiger partial charge in [0.1, 0.15) is 34.8 Å². The number of carbonyl (C=O) groups excluding carboxylic acids is 2. The van der Waals surface area contributed by atoms with E-state index in [0.717, 1.165) is 10.4 Å². The maximum Gasteiger partial charge on any atom is 0.343 e. The Kier molecular flexibility index (Phi) is 8.93. The molecule has 186 valence electrons. The molecule has 0 bridgehead atoms. The lowest BCUT2D eigenvalue weighted by Gasteiger charge is -2.42. The van der Waals surface area contributed by atoms with Gasteiger partial charge in [0, 0.05) is 12.4 Å². The van der Waals surface area contributed by atoms with Gasteiger partial charge in [0.2, 0.25) is 5.91 Å². The van der Waals surface area contributed by atoms with Crippen LogP contribution in [-0.4, -0.2) is 67.1 Å². The highest BCUT2D eigenvalue weighted by Gasteiger charge is 2.41. The van der Waals surface area contributed by atoms with Gasteiger partial charge in [-0.15, -0.1) is 0 Å². The summed E-state index contributed by atoms with van der Waals surface area (Å²) in [6.07, 6.45) is 1.53. The summed E-state index contributed by atoms with van der Waals surface area (Å²) in [5, 5.41) is 0.505. The summed E-state index contributed by atoms with van der Waals surface area (Å²) < 4.78 is 21.8. The number of amides is 1. The number of aromatic nitrogens is 4. The molecular weight excluding hydrogens is 509 g/mol. The zero-order valence-electron chi connectivity index (χ0n) is 20.6. The van der Waals surface area contributed by atoms with Crippen LogP contribution in [0.3, 0.4) is 0 Å². The van der Waals surface area contributed by atoms with Crippen molar-refractivity contribution in [2.24, 2.45) is 7.05 Å². The summed E-state index contributed by atoms with van der Waals surface area (Å²) in [5.41, 5.74) is -0.755. The zero-order chi connectivity index (χ0) is 25.8. The molecule has 0 unspecified atom stereocenters. The zero-order valence-corrected chi connectivity index (χ0v) is 22.2. The number of imidazole rings is 1. The Bertz CT molecular complexity index is 1260. The number of halogens is 2. The predicted molar refractivity (Wildman–Crippen MR) is 133 cm³/mol. The molecule has 0 spiro atoms. The normalized spacial score (nSPS) is 14.0. The minimum Gasteiger partial charge on any atom is -0.462 e. The number of hydrogen-bond acceptors (Lipinski definition) is 6. The number of ether oxygens (including phenoxy) is 1. The Morgan fingerprint density at radius 1 is 1.26 bits per heavy atom.